The molecule has 2 atom stereocenters. The molecule has 0 bridgehead atoms. The fourth-order valence-electron chi connectivity index (χ4n) is 4.69. The molecule has 2 unspecified atom stereocenters. The van der Waals surface area contributed by atoms with Crippen molar-refractivity contribution in [1.82, 2.24) is 0 Å². The van der Waals surface area contributed by atoms with Gasteiger partial charge in [-0.25, -0.2) is 0 Å². The number of rotatable bonds is 6. The lowest BCUT2D eigenvalue weighted by Crippen LogP contribution is -2.28. The van der Waals surface area contributed by atoms with E-state index in [-0.39, 0.29) is 0 Å². The van der Waals surface area contributed by atoms with E-state index in [1.807, 2.05) is 0 Å². The Morgan fingerprint density at radius 1 is 0.625 bits per heavy atom. The minimum Gasteiger partial charge on any atom is -0.382 e. The topological polar surface area (TPSA) is 24.1 Å². The van der Waals surface area contributed by atoms with Crippen molar-refractivity contribution in [3.05, 3.63) is 24.3 Å². The van der Waals surface area contributed by atoms with Crippen LogP contribution in [-0.2, 0) is 0 Å². The summed E-state index contributed by atoms with van der Waals surface area (Å²) in [6, 6.07) is 10.2. The number of anilines is 2. The van der Waals surface area contributed by atoms with E-state index in [0.717, 1.165) is 11.8 Å². The van der Waals surface area contributed by atoms with E-state index in [0.29, 0.717) is 12.1 Å². The monoisotopic (exact) mass is 328 g/mol. The van der Waals surface area contributed by atoms with E-state index < -0.39 is 0 Å². The zero-order valence-electron chi connectivity index (χ0n) is 15.7. The highest BCUT2D eigenvalue weighted by Crippen LogP contribution is 2.30. The number of hydrogen-bond donors (Lipinski definition) is 2. The van der Waals surface area contributed by atoms with Gasteiger partial charge < -0.3 is 10.6 Å². The van der Waals surface area contributed by atoms with Crippen molar-refractivity contribution in [3.8, 4) is 0 Å². The molecule has 134 valence electrons. The van der Waals surface area contributed by atoms with Crippen LogP contribution in [0.15, 0.2) is 24.3 Å². The first kappa shape index (κ1) is 17.6. The standard InChI is InChI=1S/C22H36N2/c1-17(19-9-5-3-6-10-19)23-21-13-15-22(16-14-21)24-18(2)20-11-7-4-8-12-20/h13-20,23-24H,3-12H2,1-2H3. The molecule has 0 aromatic heterocycles. The largest absolute Gasteiger partial charge is 0.382 e. The van der Waals surface area contributed by atoms with Gasteiger partial charge in [-0.3, -0.25) is 0 Å². The molecule has 0 heterocycles. The molecule has 2 aliphatic carbocycles. The van der Waals surface area contributed by atoms with Crippen LogP contribution in [-0.4, -0.2) is 12.1 Å². The van der Waals surface area contributed by atoms with Crippen molar-refractivity contribution in [2.75, 3.05) is 10.6 Å². The normalized spacial score (nSPS) is 22.8. The summed E-state index contributed by atoms with van der Waals surface area (Å²) >= 11 is 0. The summed E-state index contributed by atoms with van der Waals surface area (Å²) < 4.78 is 0. The summed E-state index contributed by atoms with van der Waals surface area (Å²) in [5, 5.41) is 7.46. The first-order chi connectivity index (χ1) is 11.7. The zero-order chi connectivity index (χ0) is 16.8. The lowest BCUT2D eigenvalue weighted by Gasteiger charge is -2.30. The van der Waals surface area contributed by atoms with Gasteiger partial charge in [-0.15, -0.1) is 0 Å². The van der Waals surface area contributed by atoms with E-state index in [2.05, 4.69) is 48.7 Å². The highest BCUT2D eigenvalue weighted by molar-refractivity contribution is 5.54. The average Bonchev–Trinajstić information content (AvgIpc) is 2.65. The van der Waals surface area contributed by atoms with Gasteiger partial charge in [-0.1, -0.05) is 38.5 Å². The molecule has 2 heteroatoms. The molecule has 1 aromatic carbocycles. The summed E-state index contributed by atoms with van der Waals surface area (Å²) in [6.07, 6.45) is 14.1. The lowest BCUT2D eigenvalue weighted by atomic mass is 9.84. The molecule has 0 saturated heterocycles. The first-order valence-corrected chi connectivity index (χ1v) is 10.4. The van der Waals surface area contributed by atoms with Crippen molar-refractivity contribution in [2.45, 2.75) is 90.1 Å². The van der Waals surface area contributed by atoms with Crippen molar-refractivity contribution >= 4 is 11.4 Å². The third-order valence-corrected chi connectivity index (χ3v) is 6.39. The maximum absolute atomic E-state index is 3.73. The maximum Gasteiger partial charge on any atom is 0.0343 e. The molecule has 24 heavy (non-hydrogen) atoms. The van der Waals surface area contributed by atoms with Gasteiger partial charge in [-0.2, -0.15) is 0 Å². The minimum absolute atomic E-state index is 0.588. The predicted octanol–water partition coefficient (Wildman–Crippen LogP) is 6.45. The molecule has 0 spiro atoms. The van der Waals surface area contributed by atoms with Gasteiger partial charge in [0.15, 0.2) is 0 Å². The van der Waals surface area contributed by atoms with Gasteiger partial charge in [0.25, 0.3) is 0 Å². The Balaban J connectivity index is 1.49. The Morgan fingerprint density at radius 2 is 0.958 bits per heavy atom. The Labute approximate surface area is 148 Å². The van der Waals surface area contributed by atoms with Crippen LogP contribution < -0.4 is 10.6 Å². The molecule has 1 aromatic rings. The minimum atomic E-state index is 0.588. The molecular formula is C22H36N2. The molecule has 0 aliphatic heterocycles. The SMILES string of the molecule is CC(Nc1ccc(NC(C)C2CCCCC2)cc1)C1CCCCC1. The van der Waals surface area contributed by atoms with Crippen LogP contribution in [0.5, 0.6) is 0 Å². The summed E-state index contributed by atoms with van der Waals surface area (Å²) in [5.74, 6) is 1.70. The van der Waals surface area contributed by atoms with Crippen LogP contribution in [0.4, 0.5) is 11.4 Å². The van der Waals surface area contributed by atoms with Gasteiger partial charge in [0.05, 0.1) is 0 Å². The molecule has 2 aliphatic rings. The maximum atomic E-state index is 3.73. The van der Waals surface area contributed by atoms with Crippen LogP contribution in [0, 0.1) is 11.8 Å². The van der Waals surface area contributed by atoms with E-state index in [1.165, 1.54) is 75.6 Å². The summed E-state index contributed by atoms with van der Waals surface area (Å²) in [6.45, 7) is 4.71. The van der Waals surface area contributed by atoms with Gasteiger partial charge in [0.1, 0.15) is 0 Å². The van der Waals surface area contributed by atoms with E-state index in [4.69, 9.17) is 0 Å². The quantitative estimate of drug-likeness (QED) is 0.627. The smallest absolute Gasteiger partial charge is 0.0343 e. The summed E-state index contributed by atoms with van der Waals surface area (Å²) in [4.78, 5) is 0. The molecular weight excluding hydrogens is 292 g/mol. The number of nitrogens with one attached hydrogen (secondary N) is 2. The lowest BCUT2D eigenvalue weighted by molar-refractivity contribution is 0.328. The average molecular weight is 329 g/mol. The van der Waals surface area contributed by atoms with E-state index in [9.17, 15) is 0 Å². The molecule has 2 fully saturated rings. The zero-order valence-corrected chi connectivity index (χ0v) is 15.7. The van der Waals surface area contributed by atoms with Crippen LogP contribution in [0.25, 0.3) is 0 Å². The second-order valence-electron chi connectivity index (χ2n) is 8.24. The van der Waals surface area contributed by atoms with Crippen molar-refractivity contribution in [2.24, 2.45) is 11.8 Å². The highest BCUT2D eigenvalue weighted by Gasteiger charge is 2.21. The Kier molecular flexibility index (Phi) is 6.45. The Hall–Kier alpha value is -1.18. The molecule has 3 rings (SSSR count). The van der Waals surface area contributed by atoms with Crippen molar-refractivity contribution < 1.29 is 0 Å². The van der Waals surface area contributed by atoms with Gasteiger partial charge >= 0.3 is 0 Å². The molecule has 0 amide bonds. The molecule has 0 radical (unpaired) electrons. The van der Waals surface area contributed by atoms with Crippen molar-refractivity contribution in [1.29, 1.82) is 0 Å². The third-order valence-electron chi connectivity index (χ3n) is 6.39. The summed E-state index contributed by atoms with van der Waals surface area (Å²) in [5.41, 5.74) is 2.54. The Bertz CT molecular complexity index is 424. The second kappa shape index (κ2) is 8.78. The summed E-state index contributed by atoms with van der Waals surface area (Å²) in [7, 11) is 0. The van der Waals surface area contributed by atoms with Gasteiger partial charge in [0.2, 0.25) is 0 Å². The fraction of sp³-hybridized carbons (Fsp3) is 0.727. The van der Waals surface area contributed by atoms with Crippen LogP contribution >= 0.6 is 0 Å². The highest BCUT2D eigenvalue weighted by atomic mass is 14.9. The van der Waals surface area contributed by atoms with Crippen molar-refractivity contribution in [3.63, 3.8) is 0 Å². The van der Waals surface area contributed by atoms with E-state index >= 15 is 0 Å². The predicted molar refractivity (Wildman–Crippen MR) is 106 cm³/mol. The van der Waals surface area contributed by atoms with Gasteiger partial charge in [-0.05, 0) is 75.6 Å². The van der Waals surface area contributed by atoms with Gasteiger partial charge in [0, 0.05) is 23.5 Å². The fourth-order valence-corrected chi connectivity index (χ4v) is 4.69. The van der Waals surface area contributed by atoms with Crippen LogP contribution in [0.1, 0.15) is 78.1 Å². The molecule has 2 nitrogen and oxygen atoms in total. The number of benzene rings is 1. The number of hydrogen-bond acceptors (Lipinski definition) is 2. The van der Waals surface area contributed by atoms with Crippen LogP contribution in [0.3, 0.4) is 0 Å². The molecule has 2 saturated carbocycles. The second-order valence-corrected chi connectivity index (χ2v) is 8.24. The van der Waals surface area contributed by atoms with Crippen LogP contribution in [0.2, 0.25) is 0 Å². The third kappa shape index (κ3) is 4.91. The molecule has 2 N–H and O–H groups in total. The first-order valence-electron chi connectivity index (χ1n) is 10.4. The van der Waals surface area contributed by atoms with E-state index in [1.54, 1.807) is 0 Å². The Morgan fingerprint density at radius 3 is 1.29 bits per heavy atom.